The van der Waals surface area contributed by atoms with Crippen LogP contribution in [0, 0.1) is 0 Å². The van der Waals surface area contributed by atoms with Gasteiger partial charge in [0.15, 0.2) is 0 Å². The average molecular weight is 364 g/mol. The van der Waals surface area contributed by atoms with Crippen molar-refractivity contribution in [3.05, 3.63) is 48.5 Å². The topological polar surface area (TPSA) is 92.3 Å². The Labute approximate surface area is 140 Å². The van der Waals surface area contributed by atoms with Crippen LogP contribution in [0.4, 0.5) is 0 Å². The number of rotatable bonds is 4. The fourth-order valence-electron chi connectivity index (χ4n) is 2.68. The van der Waals surface area contributed by atoms with Crippen LogP contribution in [0.15, 0.2) is 58.3 Å². The van der Waals surface area contributed by atoms with Gasteiger partial charge in [0.2, 0.25) is 20.0 Å². The lowest BCUT2D eigenvalue weighted by Crippen LogP contribution is -2.19. The zero-order valence-electron chi connectivity index (χ0n) is 13.1. The monoisotopic (exact) mass is 364 g/mol. The number of sulfonamides is 2. The predicted molar refractivity (Wildman–Crippen MR) is 93.9 cm³/mol. The average Bonchev–Trinajstić information content (AvgIpc) is 2.58. The molecule has 0 radical (unpaired) electrons. The van der Waals surface area contributed by atoms with E-state index in [2.05, 4.69) is 9.44 Å². The molecular weight excluding hydrogens is 348 g/mol. The van der Waals surface area contributed by atoms with Gasteiger partial charge >= 0.3 is 0 Å². The molecule has 0 aliphatic rings. The third kappa shape index (κ3) is 2.67. The lowest BCUT2D eigenvalue weighted by atomic mass is 10.0. The Morgan fingerprint density at radius 3 is 1.46 bits per heavy atom. The normalized spacial score (nSPS) is 12.8. The van der Waals surface area contributed by atoms with Crippen LogP contribution in [0.25, 0.3) is 21.5 Å². The molecule has 0 atom stereocenters. The molecule has 0 saturated carbocycles. The molecule has 0 fully saturated rings. The van der Waals surface area contributed by atoms with Gasteiger partial charge in [-0.3, -0.25) is 0 Å². The summed E-state index contributed by atoms with van der Waals surface area (Å²) in [5, 5.41) is 2.38. The van der Waals surface area contributed by atoms with Crippen molar-refractivity contribution in [3.63, 3.8) is 0 Å². The van der Waals surface area contributed by atoms with E-state index in [1.54, 1.807) is 36.4 Å². The van der Waals surface area contributed by atoms with Crippen LogP contribution in [-0.2, 0) is 20.0 Å². The van der Waals surface area contributed by atoms with Crippen LogP contribution in [0.3, 0.4) is 0 Å². The van der Waals surface area contributed by atoms with Crippen LogP contribution in [-0.4, -0.2) is 30.9 Å². The van der Waals surface area contributed by atoms with Crippen LogP contribution in [0.1, 0.15) is 0 Å². The summed E-state index contributed by atoms with van der Waals surface area (Å²) in [6.45, 7) is 0. The van der Waals surface area contributed by atoms with Gasteiger partial charge in [0.05, 0.1) is 9.79 Å². The molecule has 0 heterocycles. The van der Waals surface area contributed by atoms with E-state index in [9.17, 15) is 16.8 Å². The van der Waals surface area contributed by atoms with E-state index in [1.807, 2.05) is 0 Å². The number of benzene rings is 3. The first kappa shape index (κ1) is 16.8. The molecule has 3 aromatic carbocycles. The molecule has 6 nitrogen and oxygen atoms in total. The summed E-state index contributed by atoms with van der Waals surface area (Å²) in [6, 6.07) is 13.3. The third-order valence-corrected chi connectivity index (χ3v) is 6.86. The van der Waals surface area contributed by atoms with Crippen LogP contribution in [0.2, 0.25) is 0 Å². The fraction of sp³-hybridized carbons (Fsp3) is 0.125. The Morgan fingerprint density at radius 1 is 0.667 bits per heavy atom. The van der Waals surface area contributed by atoms with Crippen molar-refractivity contribution in [2.45, 2.75) is 9.79 Å². The maximum Gasteiger partial charge on any atom is 0.240 e. The lowest BCUT2D eigenvalue weighted by Gasteiger charge is -2.11. The van der Waals surface area contributed by atoms with Crippen molar-refractivity contribution in [1.29, 1.82) is 0 Å². The van der Waals surface area contributed by atoms with Crippen molar-refractivity contribution in [3.8, 4) is 0 Å². The quantitative estimate of drug-likeness (QED) is 0.691. The van der Waals surface area contributed by atoms with Gasteiger partial charge in [-0.1, -0.05) is 24.3 Å². The summed E-state index contributed by atoms with van der Waals surface area (Å²) in [7, 11) is -4.65. The predicted octanol–water partition coefficient (Wildman–Crippen LogP) is 1.81. The third-order valence-electron chi connectivity index (χ3n) is 3.92. The second-order valence-electron chi connectivity index (χ2n) is 5.22. The minimum Gasteiger partial charge on any atom is -0.214 e. The molecule has 0 aliphatic heterocycles. The van der Waals surface area contributed by atoms with Crippen molar-refractivity contribution in [2.75, 3.05) is 14.1 Å². The molecule has 126 valence electrons. The summed E-state index contributed by atoms with van der Waals surface area (Å²) in [4.78, 5) is 0.224. The molecule has 3 rings (SSSR count). The summed E-state index contributed by atoms with van der Waals surface area (Å²) < 4.78 is 53.6. The van der Waals surface area contributed by atoms with E-state index in [-0.39, 0.29) is 9.79 Å². The molecule has 0 spiro atoms. The van der Waals surface area contributed by atoms with E-state index in [0.717, 1.165) is 10.8 Å². The van der Waals surface area contributed by atoms with Gasteiger partial charge in [-0.25, -0.2) is 26.3 Å². The second kappa shape index (κ2) is 5.82. The molecule has 0 unspecified atom stereocenters. The van der Waals surface area contributed by atoms with E-state index >= 15 is 0 Å². The smallest absolute Gasteiger partial charge is 0.214 e. The first-order valence-corrected chi connectivity index (χ1v) is 10.1. The van der Waals surface area contributed by atoms with E-state index in [1.165, 1.54) is 26.2 Å². The Kier molecular flexibility index (Phi) is 4.08. The van der Waals surface area contributed by atoms with Crippen molar-refractivity contribution in [1.82, 2.24) is 9.44 Å². The summed E-state index contributed by atoms with van der Waals surface area (Å²) >= 11 is 0. The molecule has 24 heavy (non-hydrogen) atoms. The summed E-state index contributed by atoms with van der Waals surface area (Å²) in [5.74, 6) is 0. The van der Waals surface area contributed by atoms with Gasteiger partial charge in [-0.05, 0) is 49.1 Å². The maximum absolute atomic E-state index is 12.2. The van der Waals surface area contributed by atoms with Crippen LogP contribution < -0.4 is 9.44 Å². The van der Waals surface area contributed by atoms with E-state index in [0.29, 0.717) is 10.8 Å². The lowest BCUT2D eigenvalue weighted by molar-refractivity contribution is 0.587. The molecule has 0 aromatic heterocycles. The standard InChI is InChI=1S/C16H16N2O4S2/c1-17-23(19,20)15-7-3-5-11-9-12-6-4-8-16(24(21,22)18-2)14(12)10-13(11)15/h3-10,17-18H,1-2H3. The van der Waals surface area contributed by atoms with E-state index in [4.69, 9.17) is 0 Å². The number of fused-ring (bicyclic) bond motifs is 2. The Morgan fingerprint density at radius 2 is 1.08 bits per heavy atom. The largest absolute Gasteiger partial charge is 0.240 e. The summed E-state index contributed by atoms with van der Waals surface area (Å²) in [6.07, 6.45) is 0. The number of nitrogens with one attached hydrogen (secondary N) is 2. The Balaban J connectivity index is 2.49. The first-order chi connectivity index (χ1) is 11.3. The van der Waals surface area contributed by atoms with Crippen LogP contribution in [0.5, 0.6) is 0 Å². The fourth-order valence-corrected chi connectivity index (χ4v) is 4.57. The molecule has 0 amide bonds. The molecule has 3 aromatic rings. The minimum absolute atomic E-state index is 0.112. The summed E-state index contributed by atoms with van der Waals surface area (Å²) in [5.41, 5.74) is 0. The maximum atomic E-state index is 12.2. The van der Waals surface area contributed by atoms with Crippen molar-refractivity contribution < 1.29 is 16.8 Å². The highest BCUT2D eigenvalue weighted by atomic mass is 32.2. The highest BCUT2D eigenvalue weighted by molar-refractivity contribution is 7.90. The molecule has 2 N–H and O–H groups in total. The zero-order chi connectivity index (χ0) is 17.5. The zero-order valence-corrected chi connectivity index (χ0v) is 14.7. The highest BCUT2D eigenvalue weighted by Gasteiger charge is 2.19. The number of hydrogen-bond donors (Lipinski definition) is 2. The van der Waals surface area contributed by atoms with Crippen molar-refractivity contribution >= 4 is 41.6 Å². The van der Waals surface area contributed by atoms with Gasteiger partial charge in [-0.2, -0.15) is 0 Å². The first-order valence-electron chi connectivity index (χ1n) is 7.13. The second-order valence-corrected chi connectivity index (χ2v) is 8.93. The SMILES string of the molecule is CNS(=O)(=O)c1cccc2cc3cccc(S(=O)(=O)NC)c3cc12. The number of hydrogen-bond acceptors (Lipinski definition) is 4. The van der Waals surface area contributed by atoms with Gasteiger partial charge in [0, 0.05) is 10.8 Å². The molecule has 8 heteroatoms. The minimum atomic E-state index is -3.66. The Bertz CT molecular complexity index is 1060. The molecular formula is C16H16N2O4S2. The van der Waals surface area contributed by atoms with Gasteiger partial charge in [0.1, 0.15) is 0 Å². The van der Waals surface area contributed by atoms with Gasteiger partial charge < -0.3 is 0 Å². The van der Waals surface area contributed by atoms with Crippen molar-refractivity contribution in [2.24, 2.45) is 0 Å². The van der Waals surface area contributed by atoms with E-state index < -0.39 is 20.0 Å². The van der Waals surface area contributed by atoms with Gasteiger partial charge in [-0.15, -0.1) is 0 Å². The molecule has 0 saturated heterocycles. The highest BCUT2D eigenvalue weighted by Crippen LogP contribution is 2.31. The molecule has 0 bridgehead atoms. The molecule has 0 aliphatic carbocycles. The van der Waals surface area contributed by atoms with Gasteiger partial charge in [0.25, 0.3) is 0 Å². The Hall–Kier alpha value is -2.00. The van der Waals surface area contributed by atoms with Crippen LogP contribution >= 0.6 is 0 Å².